The number of aryl methyl sites for hydroxylation is 1. The van der Waals surface area contributed by atoms with Crippen molar-refractivity contribution in [2.24, 2.45) is 0 Å². The third kappa shape index (κ3) is 5.04. The number of carbonyl (C=O) groups excluding carboxylic acids is 1. The van der Waals surface area contributed by atoms with E-state index < -0.39 is 24.4 Å². The third-order valence-corrected chi connectivity index (χ3v) is 7.46. The lowest BCUT2D eigenvalue weighted by molar-refractivity contribution is 0.00578. The first-order chi connectivity index (χ1) is 17.6. The van der Waals surface area contributed by atoms with Gasteiger partial charge in [0.25, 0.3) is 0 Å². The number of hydrogen-bond acceptors (Lipinski definition) is 6. The Hall–Kier alpha value is -3.49. The highest BCUT2D eigenvalue weighted by Crippen LogP contribution is 2.44. The molecule has 1 aromatic heterocycles. The van der Waals surface area contributed by atoms with Gasteiger partial charge in [-0.3, -0.25) is 0 Å². The van der Waals surface area contributed by atoms with E-state index in [9.17, 15) is 4.79 Å². The lowest BCUT2D eigenvalue weighted by atomic mass is 9.77. The van der Waals surface area contributed by atoms with E-state index >= 15 is 0 Å². The Balaban J connectivity index is 1.29. The van der Waals surface area contributed by atoms with E-state index in [-0.39, 0.29) is 19.1 Å². The number of rotatable bonds is 6. The number of amides is 1. The van der Waals surface area contributed by atoms with Gasteiger partial charge in [-0.15, -0.1) is 0 Å². The summed E-state index contributed by atoms with van der Waals surface area (Å²) in [6.45, 7) is 10.3. The molecule has 1 aliphatic carbocycles. The Morgan fingerprint density at radius 3 is 2.19 bits per heavy atom. The molecule has 2 aromatic carbocycles. The molecule has 0 spiro atoms. The molecule has 1 saturated heterocycles. The minimum atomic E-state index is -0.650. The molecule has 2 aliphatic rings. The van der Waals surface area contributed by atoms with Crippen molar-refractivity contribution in [1.29, 1.82) is 0 Å². The summed E-state index contributed by atoms with van der Waals surface area (Å²) in [7, 11) is -0.650. The molecule has 1 N–H and O–H groups in total. The number of benzene rings is 2. The topological polar surface area (TPSA) is 82.6 Å². The number of nitrogens with zero attached hydrogens (tertiary/aromatic N) is 2. The van der Waals surface area contributed by atoms with Crippen molar-refractivity contribution in [1.82, 2.24) is 15.3 Å². The van der Waals surface area contributed by atoms with Crippen LogP contribution in [0.15, 0.2) is 66.3 Å². The number of hydrogen-bond donors (Lipinski definition) is 1. The van der Waals surface area contributed by atoms with Crippen LogP contribution in [0.2, 0.25) is 0 Å². The highest BCUT2D eigenvalue weighted by Gasteiger charge is 2.52. The molecule has 1 aliphatic heterocycles. The average Bonchev–Trinajstić information content (AvgIpc) is 3.29. The maximum Gasteiger partial charge on any atom is 0.492 e. The Morgan fingerprint density at radius 1 is 1.00 bits per heavy atom. The Kier molecular flexibility index (Phi) is 6.64. The van der Waals surface area contributed by atoms with Gasteiger partial charge in [0.2, 0.25) is 0 Å². The van der Waals surface area contributed by atoms with Crippen molar-refractivity contribution in [3.05, 3.63) is 88.9 Å². The second-order valence-electron chi connectivity index (χ2n) is 10.5. The van der Waals surface area contributed by atoms with Gasteiger partial charge in [0, 0.05) is 24.4 Å². The van der Waals surface area contributed by atoms with E-state index in [0.29, 0.717) is 11.3 Å². The normalized spacial score (nSPS) is 17.9. The molecule has 7 nitrogen and oxygen atoms in total. The molecule has 2 heterocycles. The molecule has 5 rings (SSSR count). The van der Waals surface area contributed by atoms with Crippen LogP contribution in [0.25, 0.3) is 17.2 Å². The summed E-state index contributed by atoms with van der Waals surface area (Å²) >= 11 is 0. The quantitative estimate of drug-likeness (QED) is 0.463. The van der Waals surface area contributed by atoms with Gasteiger partial charge in [0.15, 0.2) is 5.82 Å². The zero-order chi connectivity index (χ0) is 26.2. The molecule has 8 heteroatoms. The fourth-order valence-electron chi connectivity index (χ4n) is 4.72. The molecule has 190 valence electrons. The fourth-order valence-corrected chi connectivity index (χ4v) is 4.72. The second-order valence-corrected chi connectivity index (χ2v) is 10.5. The van der Waals surface area contributed by atoms with Crippen LogP contribution in [0.1, 0.15) is 56.3 Å². The predicted molar refractivity (Wildman–Crippen MR) is 144 cm³/mol. The Labute approximate surface area is 218 Å². The predicted octanol–water partition coefficient (Wildman–Crippen LogP) is 5.34. The average molecular weight is 497 g/mol. The summed E-state index contributed by atoms with van der Waals surface area (Å²) in [6.07, 6.45) is 3.00. The Bertz CT molecular complexity index is 1290. The third-order valence-electron chi connectivity index (χ3n) is 7.46. The number of carbonyl (C=O) groups is 1. The highest BCUT2D eigenvalue weighted by atomic mass is 16.7. The molecular weight excluding hydrogens is 465 g/mol. The van der Waals surface area contributed by atoms with Gasteiger partial charge >= 0.3 is 13.2 Å². The van der Waals surface area contributed by atoms with E-state index in [2.05, 4.69) is 39.6 Å². The molecule has 37 heavy (non-hydrogen) atoms. The zero-order valence-electron chi connectivity index (χ0n) is 21.9. The monoisotopic (exact) mass is 497 g/mol. The summed E-state index contributed by atoms with van der Waals surface area (Å²) in [6, 6.07) is 18.4. The van der Waals surface area contributed by atoms with E-state index in [0.717, 1.165) is 5.69 Å². The first-order valence-electron chi connectivity index (χ1n) is 12.6. The minimum Gasteiger partial charge on any atom is -0.449 e. The first kappa shape index (κ1) is 25.2. The van der Waals surface area contributed by atoms with Gasteiger partial charge in [-0.05, 0) is 74.5 Å². The number of aromatic nitrogens is 2. The number of alkyl carbamates (subject to hydrolysis) is 1. The van der Waals surface area contributed by atoms with Gasteiger partial charge in [0.05, 0.1) is 11.2 Å². The molecule has 0 radical (unpaired) electrons. The van der Waals surface area contributed by atoms with Crippen molar-refractivity contribution in [3.63, 3.8) is 0 Å². The maximum absolute atomic E-state index is 12.8. The summed E-state index contributed by atoms with van der Waals surface area (Å²) in [5, 5.41) is 2.88. The van der Waals surface area contributed by atoms with Crippen LogP contribution in [0.5, 0.6) is 0 Å². The van der Waals surface area contributed by atoms with Crippen molar-refractivity contribution < 1.29 is 18.8 Å². The van der Waals surface area contributed by atoms with Crippen molar-refractivity contribution in [2.75, 3.05) is 13.2 Å². The second kappa shape index (κ2) is 9.76. The maximum atomic E-state index is 12.8. The highest BCUT2D eigenvalue weighted by molar-refractivity contribution is 6.55. The number of ether oxygens (including phenoxy) is 1. The van der Waals surface area contributed by atoms with Crippen molar-refractivity contribution >= 4 is 19.3 Å². The number of fused-ring (bicyclic) bond motifs is 3. The standard InChI is InChI=1S/C29H32BN3O4/c1-19-14-15-31-26(33-19)16-20(30-36-28(2,3)29(4,5)37-30)17-32-27(34)35-18-25-23-12-8-6-10-21(23)22-11-7-9-13-24(22)25/h6-16,25H,17-18H2,1-5H3,(H,32,34). The van der Waals surface area contributed by atoms with Crippen LogP contribution in [-0.2, 0) is 14.0 Å². The van der Waals surface area contributed by atoms with Crippen LogP contribution < -0.4 is 5.32 Å². The molecule has 1 fully saturated rings. The zero-order valence-corrected chi connectivity index (χ0v) is 21.9. The van der Waals surface area contributed by atoms with Crippen LogP contribution in [0, 0.1) is 6.92 Å². The van der Waals surface area contributed by atoms with Crippen LogP contribution in [-0.4, -0.2) is 47.5 Å². The van der Waals surface area contributed by atoms with E-state index in [1.807, 2.05) is 65.0 Å². The minimum absolute atomic E-state index is 0.00282. The molecule has 1 amide bonds. The van der Waals surface area contributed by atoms with Crippen LogP contribution >= 0.6 is 0 Å². The van der Waals surface area contributed by atoms with Gasteiger partial charge in [0.1, 0.15) is 6.61 Å². The summed E-state index contributed by atoms with van der Waals surface area (Å²) in [5.74, 6) is 0.524. The SMILES string of the molecule is Cc1ccnc(C=C(CNC(=O)OCC2c3ccccc3-c3ccccc32)B2OC(C)(C)C(C)(C)O2)n1. The van der Waals surface area contributed by atoms with E-state index in [1.54, 1.807) is 12.3 Å². The van der Waals surface area contributed by atoms with Gasteiger partial charge < -0.3 is 19.4 Å². The molecule has 0 atom stereocenters. The molecule has 0 saturated carbocycles. The molecule has 0 unspecified atom stereocenters. The van der Waals surface area contributed by atoms with Gasteiger partial charge in [-0.2, -0.15) is 0 Å². The van der Waals surface area contributed by atoms with E-state index in [4.69, 9.17) is 14.0 Å². The smallest absolute Gasteiger partial charge is 0.449 e. The Morgan fingerprint density at radius 2 is 1.59 bits per heavy atom. The van der Waals surface area contributed by atoms with Crippen LogP contribution in [0.3, 0.4) is 0 Å². The largest absolute Gasteiger partial charge is 0.492 e. The molecular formula is C29H32BN3O4. The van der Waals surface area contributed by atoms with Gasteiger partial charge in [-0.1, -0.05) is 48.5 Å². The number of nitrogens with one attached hydrogen (secondary N) is 1. The van der Waals surface area contributed by atoms with Crippen LogP contribution in [0.4, 0.5) is 4.79 Å². The summed E-state index contributed by atoms with van der Waals surface area (Å²) in [5.41, 5.74) is 5.24. The summed E-state index contributed by atoms with van der Waals surface area (Å²) < 4.78 is 18.2. The van der Waals surface area contributed by atoms with Gasteiger partial charge in [-0.25, -0.2) is 14.8 Å². The molecule has 0 bridgehead atoms. The summed E-state index contributed by atoms with van der Waals surface area (Å²) in [4.78, 5) is 21.6. The lowest BCUT2D eigenvalue weighted by Crippen LogP contribution is -2.41. The lowest BCUT2D eigenvalue weighted by Gasteiger charge is -2.32. The van der Waals surface area contributed by atoms with Crippen molar-refractivity contribution in [3.8, 4) is 11.1 Å². The van der Waals surface area contributed by atoms with E-state index in [1.165, 1.54) is 22.3 Å². The first-order valence-corrected chi connectivity index (χ1v) is 12.6. The van der Waals surface area contributed by atoms with Crippen molar-refractivity contribution in [2.45, 2.75) is 51.7 Å². The molecule has 3 aromatic rings. The fraction of sp³-hybridized carbons (Fsp3) is 0.345.